The van der Waals surface area contributed by atoms with E-state index in [0.29, 0.717) is 11.4 Å². The van der Waals surface area contributed by atoms with Crippen LogP contribution in [0.15, 0.2) is 18.2 Å². The molecule has 4 nitrogen and oxygen atoms in total. The van der Waals surface area contributed by atoms with Gasteiger partial charge < -0.3 is 15.5 Å². The standard InChI is InChI=1S/C11H14ClNO3/c1-2-8(14)6-13-11(16)9-5-7(12)3-4-10(9)15/h3-5,8,14-15H,2,6H2,1H3,(H,13,16). The van der Waals surface area contributed by atoms with Gasteiger partial charge in [0.25, 0.3) is 5.91 Å². The molecule has 1 amide bonds. The van der Waals surface area contributed by atoms with Crippen LogP contribution in [0.4, 0.5) is 0 Å². The van der Waals surface area contributed by atoms with Gasteiger partial charge in [-0.3, -0.25) is 4.79 Å². The van der Waals surface area contributed by atoms with Gasteiger partial charge in [-0.2, -0.15) is 0 Å². The molecule has 3 N–H and O–H groups in total. The minimum atomic E-state index is -0.578. The largest absolute Gasteiger partial charge is 0.507 e. The Morgan fingerprint density at radius 2 is 2.25 bits per heavy atom. The van der Waals surface area contributed by atoms with Crippen molar-refractivity contribution in [2.24, 2.45) is 0 Å². The molecule has 16 heavy (non-hydrogen) atoms. The van der Waals surface area contributed by atoms with Crippen molar-refractivity contribution < 1.29 is 15.0 Å². The Hall–Kier alpha value is -1.26. The summed E-state index contributed by atoms with van der Waals surface area (Å²) in [5.74, 6) is -0.583. The van der Waals surface area contributed by atoms with Crippen LogP contribution in [0.1, 0.15) is 23.7 Å². The summed E-state index contributed by atoms with van der Waals surface area (Å²) in [5, 5.41) is 21.6. The molecule has 0 spiro atoms. The third kappa shape index (κ3) is 3.40. The summed E-state index contributed by atoms with van der Waals surface area (Å²) >= 11 is 5.71. The Morgan fingerprint density at radius 1 is 1.56 bits per heavy atom. The van der Waals surface area contributed by atoms with Crippen LogP contribution in [-0.4, -0.2) is 28.8 Å². The topological polar surface area (TPSA) is 69.6 Å². The Morgan fingerprint density at radius 3 is 2.88 bits per heavy atom. The van der Waals surface area contributed by atoms with E-state index >= 15 is 0 Å². The molecule has 0 aliphatic carbocycles. The number of phenolic OH excluding ortho intramolecular Hbond substituents is 1. The molecule has 0 fully saturated rings. The van der Waals surface area contributed by atoms with Crippen molar-refractivity contribution in [1.82, 2.24) is 5.32 Å². The molecule has 0 aliphatic rings. The van der Waals surface area contributed by atoms with Crippen LogP contribution in [-0.2, 0) is 0 Å². The number of hydrogen-bond donors (Lipinski definition) is 3. The maximum atomic E-state index is 11.6. The number of carbonyl (C=O) groups is 1. The lowest BCUT2D eigenvalue weighted by Gasteiger charge is -2.10. The van der Waals surface area contributed by atoms with Crippen molar-refractivity contribution in [3.8, 4) is 5.75 Å². The minimum absolute atomic E-state index is 0.107. The van der Waals surface area contributed by atoms with Crippen LogP contribution >= 0.6 is 11.6 Å². The molecule has 0 saturated heterocycles. The predicted octanol–water partition coefficient (Wildman–Crippen LogP) is 1.55. The highest BCUT2D eigenvalue weighted by molar-refractivity contribution is 6.31. The molecule has 1 aromatic carbocycles. The van der Waals surface area contributed by atoms with Crippen molar-refractivity contribution in [2.45, 2.75) is 19.4 Å². The maximum absolute atomic E-state index is 11.6. The van der Waals surface area contributed by atoms with E-state index in [1.807, 2.05) is 6.92 Å². The Labute approximate surface area is 98.9 Å². The van der Waals surface area contributed by atoms with Gasteiger partial charge in [0.1, 0.15) is 5.75 Å². The maximum Gasteiger partial charge on any atom is 0.255 e. The van der Waals surface area contributed by atoms with Crippen LogP contribution < -0.4 is 5.32 Å². The molecular weight excluding hydrogens is 230 g/mol. The number of nitrogens with one attached hydrogen (secondary N) is 1. The number of halogens is 1. The first-order valence-corrected chi connectivity index (χ1v) is 5.37. The van der Waals surface area contributed by atoms with Crippen molar-refractivity contribution in [1.29, 1.82) is 0 Å². The second-order valence-electron chi connectivity index (χ2n) is 3.43. The molecule has 0 radical (unpaired) electrons. The second-order valence-corrected chi connectivity index (χ2v) is 3.87. The van der Waals surface area contributed by atoms with E-state index in [4.69, 9.17) is 11.6 Å². The smallest absolute Gasteiger partial charge is 0.255 e. The van der Waals surface area contributed by atoms with Gasteiger partial charge in [-0.15, -0.1) is 0 Å². The molecule has 1 unspecified atom stereocenters. The third-order valence-electron chi connectivity index (χ3n) is 2.17. The summed E-state index contributed by atoms with van der Waals surface area (Å²) in [5.41, 5.74) is 0.107. The summed E-state index contributed by atoms with van der Waals surface area (Å²) in [6.45, 7) is 1.97. The lowest BCUT2D eigenvalue weighted by molar-refractivity contribution is 0.0911. The number of aromatic hydroxyl groups is 1. The second kappa shape index (κ2) is 5.72. The van der Waals surface area contributed by atoms with Crippen LogP contribution in [0.5, 0.6) is 5.75 Å². The van der Waals surface area contributed by atoms with Gasteiger partial charge in [-0.05, 0) is 24.6 Å². The number of benzene rings is 1. The number of phenols is 1. The van der Waals surface area contributed by atoms with E-state index in [1.54, 1.807) is 0 Å². The van der Waals surface area contributed by atoms with Gasteiger partial charge in [0.2, 0.25) is 0 Å². The molecule has 1 rings (SSSR count). The molecule has 1 atom stereocenters. The number of carbonyl (C=O) groups excluding carboxylic acids is 1. The normalized spacial score (nSPS) is 12.2. The third-order valence-corrected chi connectivity index (χ3v) is 2.41. The van der Waals surface area contributed by atoms with Gasteiger partial charge in [0.15, 0.2) is 0 Å². The molecule has 88 valence electrons. The molecule has 0 bridgehead atoms. The van der Waals surface area contributed by atoms with E-state index in [2.05, 4.69) is 5.32 Å². The molecular formula is C11H14ClNO3. The first-order valence-electron chi connectivity index (χ1n) is 4.99. The van der Waals surface area contributed by atoms with Crippen LogP contribution in [0.3, 0.4) is 0 Å². The Kier molecular flexibility index (Phi) is 4.58. The van der Waals surface area contributed by atoms with Crippen molar-refractivity contribution in [3.05, 3.63) is 28.8 Å². The SMILES string of the molecule is CCC(O)CNC(=O)c1cc(Cl)ccc1O. The highest BCUT2D eigenvalue weighted by atomic mass is 35.5. The molecule has 1 aromatic rings. The van der Waals surface area contributed by atoms with Crippen molar-refractivity contribution >= 4 is 17.5 Å². The van der Waals surface area contributed by atoms with Gasteiger partial charge in [-0.1, -0.05) is 18.5 Å². The monoisotopic (exact) mass is 243 g/mol. The van der Waals surface area contributed by atoms with E-state index in [9.17, 15) is 15.0 Å². The van der Waals surface area contributed by atoms with Crippen molar-refractivity contribution in [2.75, 3.05) is 6.54 Å². The van der Waals surface area contributed by atoms with Crippen LogP contribution in [0.25, 0.3) is 0 Å². The zero-order chi connectivity index (χ0) is 12.1. The van der Waals surface area contributed by atoms with Crippen molar-refractivity contribution in [3.63, 3.8) is 0 Å². The Balaban J connectivity index is 2.69. The lowest BCUT2D eigenvalue weighted by Crippen LogP contribution is -2.31. The molecule has 0 heterocycles. The Bertz CT molecular complexity index is 381. The van der Waals surface area contributed by atoms with Crippen LogP contribution in [0, 0.1) is 0 Å². The van der Waals surface area contributed by atoms with Gasteiger partial charge in [0.05, 0.1) is 11.7 Å². The van der Waals surface area contributed by atoms with Gasteiger partial charge >= 0.3 is 0 Å². The number of hydrogen-bond acceptors (Lipinski definition) is 3. The highest BCUT2D eigenvalue weighted by Crippen LogP contribution is 2.21. The lowest BCUT2D eigenvalue weighted by atomic mass is 10.2. The summed E-state index contributed by atoms with van der Waals surface area (Å²) in [6, 6.07) is 4.23. The quantitative estimate of drug-likeness (QED) is 0.752. The molecule has 0 saturated carbocycles. The fraction of sp³-hybridized carbons (Fsp3) is 0.364. The molecule has 0 aliphatic heterocycles. The first kappa shape index (κ1) is 12.8. The summed E-state index contributed by atoms with van der Waals surface area (Å²) in [6.07, 6.45) is -0.0211. The number of aliphatic hydroxyl groups excluding tert-OH is 1. The number of aliphatic hydroxyl groups is 1. The zero-order valence-corrected chi connectivity index (χ0v) is 9.66. The van der Waals surface area contributed by atoms with Gasteiger partial charge in [-0.25, -0.2) is 0 Å². The summed E-state index contributed by atoms with van der Waals surface area (Å²) in [4.78, 5) is 11.6. The fourth-order valence-corrected chi connectivity index (χ4v) is 1.31. The fourth-order valence-electron chi connectivity index (χ4n) is 1.14. The first-order chi connectivity index (χ1) is 7.54. The van der Waals surface area contributed by atoms with E-state index < -0.39 is 12.0 Å². The van der Waals surface area contributed by atoms with Crippen LogP contribution in [0.2, 0.25) is 5.02 Å². The molecule has 5 heteroatoms. The summed E-state index contributed by atoms with van der Waals surface area (Å²) in [7, 11) is 0. The average molecular weight is 244 g/mol. The van der Waals surface area contributed by atoms with Gasteiger partial charge in [0, 0.05) is 11.6 Å². The van der Waals surface area contributed by atoms with E-state index in [1.165, 1.54) is 18.2 Å². The minimum Gasteiger partial charge on any atom is -0.507 e. The summed E-state index contributed by atoms with van der Waals surface area (Å²) < 4.78 is 0. The number of amides is 1. The highest BCUT2D eigenvalue weighted by Gasteiger charge is 2.12. The number of rotatable bonds is 4. The van der Waals surface area contributed by atoms with E-state index in [-0.39, 0.29) is 17.9 Å². The molecule has 0 aromatic heterocycles. The van der Waals surface area contributed by atoms with E-state index in [0.717, 1.165) is 0 Å². The average Bonchev–Trinajstić information content (AvgIpc) is 2.28. The zero-order valence-electron chi connectivity index (χ0n) is 8.90. The predicted molar refractivity (Wildman–Crippen MR) is 61.7 cm³/mol.